The number of benzene rings is 1. The van der Waals surface area contributed by atoms with Crippen LogP contribution in [-0.4, -0.2) is 31.7 Å². The summed E-state index contributed by atoms with van der Waals surface area (Å²) in [6, 6.07) is 6.48. The minimum absolute atomic E-state index is 0.0396. The summed E-state index contributed by atoms with van der Waals surface area (Å²) in [6.45, 7) is 1.71. The van der Waals surface area contributed by atoms with Crippen LogP contribution in [0.2, 0.25) is 0 Å². The quantitative estimate of drug-likeness (QED) is 0.893. The van der Waals surface area contributed by atoms with Gasteiger partial charge in [-0.1, -0.05) is 18.6 Å². The highest BCUT2D eigenvalue weighted by Crippen LogP contribution is 2.36. The number of rotatable bonds is 4. The molecule has 3 rings (SSSR count). The molecule has 1 heterocycles. The number of nitrogens with one attached hydrogen (secondary N) is 1. The monoisotopic (exact) mass is 320 g/mol. The maximum atomic E-state index is 13.3. The van der Waals surface area contributed by atoms with E-state index in [1.165, 1.54) is 12.1 Å². The van der Waals surface area contributed by atoms with Gasteiger partial charge in [0.05, 0.1) is 5.41 Å². The van der Waals surface area contributed by atoms with Crippen molar-refractivity contribution < 1.29 is 13.9 Å². The first-order valence-corrected chi connectivity index (χ1v) is 8.50. The van der Waals surface area contributed by atoms with Crippen molar-refractivity contribution in [3.63, 3.8) is 0 Å². The number of hydrogen-bond acceptors (Lipinski definition) is 3. The molecule has 1 aromatic carbocycles. The molecule has 2 aliphatic rings. The van der Waals surface area contributed by atoms with Crippen LogP contribution in [0.1, 0.15) is 37.7 Å². The van der Waals surface area contributed by atoms with Crippen LogP contribution in [0, 0.1) is 11.7 Å². The number of hydrogen-bond donors (Lipinski definition) is 2. The number of amides is 1. The zero-order valence-electron chi connectivity index (χ0n) is 13.4. The van der Waals surface area contributed by atoms with Gasteiger partial charge in [0.1, 0.15) is 5.82 Å². The molecular formula is C18H25FN2O2. The topological polar surface area (TPSA) is 64.3 Å². The second-order valence-corrected chi connectivity index (χ2v) is 6.71. The largest absolute Gasteiger partial charge is 0.381 e. The van der Waals surface area contributed by atoms with Crippen LogP contribution in [0.3, 0.4) is 0 Å². The summed E-state index contributed by atoms with van der Waals surface area (Å²) >= 11 is 0. The normalized spacial score (nSPS) is 26.9. The number of halogens is 1. The molecule has 2 unspecified atom stereocenters. The van der Waals surface area contributed by atoms with Crippen LogP contribution in [0.25, 0.3) is 0 Å². The van der Waals surface area contributed by atoms with E-state index < -0.39 is 5.41 Å². The predicted octanol–water partition coefficient (Wildman–Crippen LogP) is 2.12. The van der Waals surface area contributed by atoms with Gasteiger partial charge in [0.15, 0.2) is 0 Å². The molecule has 1 aliphatic carbocycles. The van der Waals surface area contributed by atoms with E-state index in [1.54, 1.807) is 12.1 Å². The molecule has 1 saturated heterocycles. The van der Waals surface area contributed by atoms with Gasteiger partial charge in [-0.15, -0.1) is 0 Å². The summed E-state index contributed by atoms with van der Waals surface area (Å²) in [6.07, 6.45) is 4.44. The average Bonchev–Trinajstić information content (AvgIpc) is 3.03. The Bertz CT molecular complexity index is 540. The molecule has 3 N–H and O–H groups in total. The SMILES string of the molecule is NCC1CCCC1NC(=O)C1(c2ccc(F)cc2)CCOCC1. The lowest BCUT2D eigenvalue weighted by Crippen LogP contribution is -2.52. The fraction of sp³-hybridized carbons (Fsp3) is 0.611. The molecule has 1 saturated carbocycles. The third-order valence-corrected chi connectivity index (χ3v) is 5.46. The highest BCUT2D eigenvalue weighted by atomic mass is 19.1. The maximum absolute atomic E-state index is 13.3. The molecule has 1 aromatic rings. The molecule has 0 aromatic heterocycles. The fourth-order valence-electron chi connectivity index (χ4n) is 3.95. The molecule has 4 nitrogen and oxygen atoms in total. The number of ether oxygens (including phenoxy) is 1. The van der Waals surface area contributed by atoms with E-state index in [1.807, 2.05) is 0 Å². The first-order chi connectivity index (χ1) is 11.2. The Morgan fingerprint density at radius 3 is 2.61 bits per heavy atom. The van der Waals surface area contributed by atoms with E-state index in [0.29, 0.717) is 38.5 Å². The summed E-state index contributed by atoms with van der Waals surface area (Å²) in [7, 11) is 0. The van der Waals surface area contributed by atoms with E-state index in [-0.39, 0.29) is 17.8 Å². The van der Waals surface area contributed by atoms with Crippen LogP contribution in [0.5, 0.6) is 0 Å². The highest BCUT2D eigenvalue weighted by molar-refractivity contribution is 5.88. The zero-order valence-corrected chi connectivity index (χ0v) is 13.4. The molecule has 0 bridgehead atoms. The second kappa shape index (κ2) is 6.97. The molecule has 0 spiro atoms. The van der Waals surface area contributed by atoms with Crippen LogP contribution in [-0.2, 0) is 14.9 Å². The number of nitrogens with two attached hydrogens (primary N) is 1. The lowest BCUT2D eigenvalue weighted by Gasteiger charge is -2.37. The molecule has 23 heavy (non-hydrogen) atoms. The Morgan fingerprint density at radius 2 is 1.96 bits per heavy atom. The summed E-state index contributed by atoms with van der Waals surface area (Å²) in [5.41, 5.74) is 6.09. The standard InChI is InChI=1S/C18H25FN2O2/c19-15-6-4-14(5-7-15)18(8-10-23-11-9-18)17(22)21-16-3-1-2-13(16)12-20/h4-7,13,16H,1-3,8-12,20H2,(H,21,22). The van der Waals surface area contributed by atoms with Gasteiger partial charge >= 0.3 is 0 Å². The number of carbonyl (C=O) groups excluding carboxylic acids is 1. The lowest BCUT2D eigenvalue weighted by atomic mass is 9.73. The summed E-state index contributed by atoms with van der Waals surface area (Å²) in [5.74, 6) is 0.122. The molecule has 2 atom stereocenters. The Kier molecular flexibility index (Phi) is 4.97. The van der Waals surface area contributed by atoms with E-state index in [2.05, 4.69) is 5.32 Å². The summed E-state index contributed by atoms with van der Waals surface area (Å²) in [4.78, 5) is 13.1. The molecule has 5 heteroatoms. The average molecular weight is 320 g/mol. The lowest BCUT2D eigenvalue weighted by molar-refractivity contribution is -0.131. The molecule has 0 radical (unpaired) electrons. The van der Waals surface area contributed by atoms with Gasteiger partial charge < -0.3 is 15.8 Å². The Morgan fingerprint density at radius 1 is 1.26 bits per heavy atom. The third-order valence-electron chi connectivity index (χ3n) is 5.46. The van der Waals surface area contributed by atoms with Gasteiger partial charge in [-0.2, -0.15) is 0 Å². The second-order valence-electron chi connectivity index (χ2n) is 6.71. The van der Waals surface area contributed by atoms with Crippen molar-refractivity contribution in [2.24, 2.45) is 11.7 Å². The number of carbonyl (C=O) groups is 1. The molecule has 1 amide bonds. The van der Waals surface area contributed by atoms with Crippen LogP contribution >= 0.6 is 0 Å². The van der Waals surface area contributed by atoms with Crippen molar-refractivity contribution in [2.75, 3.05) is 19.8 Å². The van der Waals surface area contributed by atoms with Gasteiger partial charge in [0.2, 0.25) is 5.91 Å². The van der Waals surface area contributed by atoms with E-state index in [4.69, 9.17) is 10.5 Å². The van der Waals surface area contributed by atoms with Crippen molar-refractivity contribution in [3.8, 4) is 0 Å². The Labute approximate surface area is 136 Å². The van der Waals surface area contributed by atoms with Gasteiger partial charge in [-0.25, -0.2) is 4.39 Å². The minimum atomic E-state index is -0.617. The Hall–Kier alpha value is -1.46. The van der Waals surface area contributed by atoms with E-state index >= 15 is 0 Å². The van der Waals surface area contributed by atoms with Crippen molar-refractivity contribution in [1.29, 1.82) is 0 Å². The highest BCUT2D eigenvalue weighted by Gasteiger charge is 2.43. The first-order valence-electron chi connectivity index (χ1n) is 8.50. The van der Waals surface area contributed by atoms with Gasteiger partial charge in [0.25, 0.3) is 0 Å². The van der Waals surface area contributed by atoms with E-state index in [9.17, 15) is 9.18 Å². The smallest absolute Gasteiger partial charge is 0.231 e. The van der Waals surface area contributed by atoms with Crippen molar-refractivity contribution in [1.82, 2.24) is 5.32 Å². The summed E-state index contributed by atoms with van der Waals surface area (Å²) < 4.78 is 18.7. The predicted molar refractivity (Wildman–Crippen MR) is 86.5 cm³/mol. The van der Waals surface area contributed by atoms with Crippen LogP contribution in [0.15, 0.2) is 24.3 Å². The summed E-state index contributed by atoms with van der Waals surface area (Å²) in [5, 5.41) is 3.24. The minimum Gasteiger partial charge on any atom is -0.381 e. The van der Waals surface area contributed by atoms with Gasteiger partial charge in [-0.05, 0) is 55.8 Å². The molecule has 126 valence electrons. The molecule has 2 fully saturated rings. The Balaban J connectivity index is 1.83. The molecule has 1 aliphatic heterocycles. The van der Waals surface area contributed by atoms with E-state index in [0.717, 1.165) is 24.8 Å². The maximum Gasteiger partial charge on any atom is 0.231 e. The van der Waals surface area contributed by atoms with Crippen molar-refractivity contribution >= 4 is 5.91 Å². The van der Waals surface area contributed by atoms with Crippen LogP contribution < -0.4 is 11.1 Å². The zero-order chi connectivity index (χ0) is 16.3. The van der Waals surface area contributed by atoms with Crippen molar-refractivity contribution in [2.45, 2.75) is 43.6 Å². The third kappa shape index (κ3) is 3.26. The van der Waals surface area contributed by atoms with Crippen LogP contribution in [0.4, 0.5) is 4.39 Å². The van der Waals surface area contributed by atoms with Crippen molar-refractivity contribution in [3.05, 3.63) is 35.6 Å². The van der Waals surface area contributed by atoms with Gasteiger partial charge in [-0.3, -0.25) is 4.79 Å². The molecular weight excluding hydrogens is 295 g/mol. The fourth-order valence-corrected chi connectivity index (χ4v) is 3.95. The van der Waals surface area contributed by atoms with Gasteiger partial charge in [0, 0.05) is 19.3 Å². The first kappa shape index (κ1) is 16.4.